The number of carbonyl (C=O) groups is 1. The first-order valence-electron chi connectivity index (χ1n) is 7.50. The summed E-state index contributed by atoms with van der Waals surface area (Å²) in [5, 5.41) is 11.8. The normalized spacial score (nSPS) is 12.0. The molecule has 0 spiro atoms. The number of rotatable bonds is 6. The van der Waals surface area contributed by atoms with Crippen molar-refractivity contribution in [1.82, 2.24) is 4.57 Å². The van der Waals surface area contributed by atoms with E-state index in [9.17, 15) is 14.9 Å². The van der Waals surface area contributed by atoms with Crippen LogP contribution in [-0.4, -0.2) is 16.0 Å². The van der Waals surface area contributed by atoms with Gasteiger partial charge in [-0.15, -0.1) is 0 Å². The van der Waals surface area contributed by atoms with E-state index >= 15 is 0 Å². The van der Waals surface area contributed by atoms with Crippen molar-refractivity contribution >= 4 is 23.1 Å². The molecule has 1 aromatic heterocycles. The third-order valence-electron chi connectivity index (χ3n) is 4.02. The summed E-state index contributed by atoms with van der Waals surface area (Å²) in [4.78, 5) is 21.0. The largest absolute Gasteiger partial charge is 0.460 e. The number of nitrogens with zero attached hydrogens (tertiary/aromatic N) is 2. The number of benzene rings is 2. The van der Waals surface area contributed by atoms with Crippen molar-refractivity contribution in [1.29, 1.82) is 0 Å². The number of fused-ring (bicyclic) bond motifs is 1. The predicted molar refractivity (Wildman–Crippen MR) is 89.7 cm³/mol. The van der Waals surface area contributed by atoms with E-state index in [1.807, 2.05) is 37.4 Å². The lowest BCUT2D eigenvalue weighted by molar-refractivity contribution is -0.384. The summed E-state index contributed by atoms with van der Waals surface area (Å²) in [6, 6.07) is 14.4. The molecule has 0 bridgehead atoms. The molecule has 3 rings (SSSR count). The van der Waals surface area contributed by atoms with Crippen molar-refractivity contribution in [3.05, 3.63) is 76.0 Å². The van der Waals surface area contributed by atoms with Crippen LogP contribution in [-0.2, 0) is 16.1 Å². The number of hydrogen-bond donors (Lipinski definition) is 0. The minimum Gasteiger partial charge on any atom is -0.460 e. The first-order chi connectivity index (χ1) is 11.6. The number of ether oxygens (including phenoxy) is 1. The van der Waals surface area contributed by atoms with E-state index in [0.717, 1.165) is 22.0 Å². The van der Waals surface area contributed by atoms with Gasteiger partial charge in [-0.1, -0.05) is 30.3 Å². The Kier molecular flexibility index (Phi) is 4.29. The van der Waals surface area contributed by atoms with Gasteiger partial charge in [0, 0.05) is 41.3 Å². The second kappa shape index (κ2) is 6.54. The molecule has 0 aliphatic carbocycles. The maximum Gasteiger partial charge on any atom is 0.293 e. The molecule has 0 amide bonds. The van der Waals surface area contributed by atoms with E-state index in [1.54, 1.807) is 12.1 Å². The predicted octanol–water partition coefficient (Wildman–Crippen LogP) is 3.83. The van der Waals surface area contributed by atoms with Crippen LogP contribution in [0.25, 0.3) is 10.9 Å². The maximum absolute atomic E-state index is 10.7. The number of nitro groups is 1. The maximum atomic E-state index is 10.7. The molecule has 6 heteroatoms. The first kappa shape index (κ1) is 15.7. The van der Waals surface area contributed by atoms with Gasteiger partial charge in [-0.25, -0.2) is 0 Å². The molecular formula is C18H16N2O4. The van der Waals surface area contributed by atoms with Crippen LogP contribution in [0.4, 0.5) is 5.69 Å². The van der Waals surface area contributed by atoms with E-state index in [4.69, 9.17) is 4.74 Å². The van der Waals surface area contributed by atoms with Crippen LogP contribution < -0.4 is 0 Å². The first-order valence-corrected chi connectivity index (χ1v) is 7.50. The summed E-state index contributed by atoms with van der Waals surface area (Å²) in [5.74, 6) is 0. The highest BCUT2D eigenvalue weighted by atomic mass is 16.6. The molecule has 0 saturated carbocycles. The van der Waals surface area contributed by atoms with Crippen LogP contribution in [0.1, 0.15) is 24.2 Å². The lowest BCUT2D eigenvalue weighted by Crippen LogP contribution is -1.99. The lowest BCUT2D eigenvalue weighted by Gasteiger charge is -2.07. The van der Waals surface area contributed by atoms with E-state index in [2.05, 4.69) is 4.57 Å². The molecule has 0 aliphatic heterocycles. The topological polar surface area (TPSA) is 74.4 Å². The number of nitro benzene ring substituents is 1. The fourth-order valence-corrected chi connectivity index (χ4v) is 2.81. The summed E-state index contributed by atoms with van der Waals surface area (Å²) in [6.45, 7) is 2.85. The van der Waals surface area contributed by atoms with Gasteiger partial charge in [-0.3, -0.25) is 14.9 Å². The minimum atomic E-state index is -0.411. The third-order valence-corrected chi connectivity index (χ3v) is 4.02. The zero-order valence-corrected chi connectivity index (χ0v) is 13.1. The SMILES string of the molecule is CC(OC=O)c1cn(Cc2ccc([N+](=O)[O-])cc2)c2ccccc12. The third kappa shape index (κ3) is 2.99. The van der Waals surface area contributed by atoms with Gasteiger partial charge in [0.15, 0.2) is 0 Å². The van der Waals surface area contributed by atoms with Crippen LogP contribution in [0, 0.1) is 10.1 Å². The second-order valence-electron chi connectivity index (χ2n) is 5.53. The molecule has 1 atom stereocenters. The number of non-ortho nitro benzene ring substituents is 1. The van der Waals surface area contributed by atoms with Gasteiger partial charge in [0.1, 0.15) is 6.10 Å². The van der Waals surface area contributed by atoms with Gasteiger partial charge in [0.25, 0.3) is 12.2 Å². The standard InChI is InChI=1S/C18H16N2O4/c1-13(24-12-21)17-11-19(18-5-3-2-4-16(17)18)10-14-6-8-15(9-7-14)20(22)23/h2-9,11-13H,10H2,1H3. The van der Waals surface area contributed by atoms with Crippen molar-refractivity contribution in [2.75, 3.05) is 0 Å². The van der Waals surface area contributed by atoms with Crippen LogP contribution in [0.5, 0.6) is 0 Å². The Bertz CT molecular complexity index is 884. The molecule has 3 aromatic rings. The van der Waals surface area contributed by atoms with Gasteiger partial charge in [0.2, 0.25) is 0 Å². The van der Waals surface area contributed by atoms with Crippen molar-refractivity contribution in [2.24, 2.45) is 0 Å². The van der Waals surface area contributed by atoms with Crippen molar-refractivity contribution < 1.29 is 14.5 Å². The Morgan fingerprint density at radius 3 is 2.58 bits per heavy atom. The summed E-state index contributed by atoms with van der Waals surface area (Å²) in [6.07, 6.45) is 1.62. The molecule has 0 fully saturated rings. The van der Waals surface area contributed by atoms with Crippen LogP contribution >= 0.6 is 0 Å². The van der Waals surface area contributed by atoms with E-state index in [-0.39, 0.29) is 11.8 Å². The van der Waals surface area contributed by atoms with Crippen molar-refractivity contribution in [3.63, 3.8) is 0 Å². The van der Waals surface area contributed by atoms with Gasteiger partial charge in [-0.2, -0.15) is 0 Å². The molecule has 2 aromatic carbocycles. The molecule has 1 unspecified atom stereocenters. The minimum absolute atomic E-state index is 0.0739. The molecule has 1 heterocycles. The van der Waals surface area contributed by atoms with E-state index in [0.29, 0.717) is 13.0 Å². The highest BCUT2D eigenvalue weighted by Crippen LogP contribution is 2.29. The van der Waals surface area contributed by atoms with E-state index in [1.165, 1.54) is 12.1 Å². The highest BCUT2D eigenvalue weighted by molar-refractivity contribution is 5.84. The molecular weight excluding hydrogens is 308 g/mol. The smallest absolute Gasteiger partial charge is 0.293 e. The Hall–Kier alpha value is -3.15. The molecule has 6 nitrogen and oxygen atoms in total. The molecule has 24 heavy (non-hydrogen) atoms. The van der Waals surface area contributed by atoms with Crippen molar-refractivity contribution in [3.8, 4) is 0 Å². The number of aromatic nitrogens is 1. The molecule has 0 radical (unpaired) electrons. The molecule has 0 N–H and O–H groups in total. The van der Waals surface area contributed by atoms with Gasteiger partial charge >= 0.3 is 0 Å². The number of carbonyl (C=O) groups excluding carboxylic acids is 1. The number of hydrogen-bond acceptors (Lipinski definition) is 4. The van der Waals surface area contributed by atoms with Gasteiger partial charge in [-0.05, 0) is 18.6 Å². The van der Waals surface area contributed by atoms with Crippen LogP contribution in [0.2, 0.25) is 0 Å². The average Bonchev–Trinajstić information content (AvgIpc) is 2.95. The summed E-state index contributed by atoms with van der Waals surface area (Å²) in [7, 11) is 0. The Morgan fingerprint density at radius 2 is 1.92 bits per heavy atom. The quantitative estimate of drug-likeness (QED) is 0.392. The Labute approximate surface area is 138 Å². The second-order valence-corrected chi connectivity index (χ2v) is 5.53. The average molecular weight is 324 g/mol. The molecule has 0 aliphatic rings. The van der Waals surface area contributed by atoms with Gasteiger partial charge < -0.3 is 9.30 Å². The zero-order valence-electron chi connectivity index (χ0n) is 13.1. The van der Waals surface area contributed by atoms with Crippen LogP contribution in [0.3, 0.4) is 0 Å². The fraction of sp³-hybridized carbons (Fsp3) is 0.167. The molecule has 0 saturated heterocycles. The number of para-hydroxylation sites is 1. The molecule has 122 valence electrons. The Morgan fingerprint density at radius 1 is 1.21 bits per heavy atom. The van der Waals surface area contributed by atoms with Crippen LogP contribution in [0.15, 0.2) is 54.7 Å². The Balaban J connectivity index is 1.97. The summed E-state index contributed by atoms with van der Waals surface area (Å²) >= 11 is 0. The summed E-state index contributed by atoms with van der Waals surface area (Å²) in [5.41, 5.74) is 2.98. The van der Waals surface area contributed by atoms with E-state index < -0.39 is 4.92 Å². The van der Waals surface area contributed by atoms with Crippen molar-refractivity contribution in [2.45, 2.75) is 19.6 Å². The zero-order chi connectivity index (χ0) is 17.1. The fourth-order valence-electron chi connectivity index (χ4n) is 2.81. The monoisotopic (exact) mass is 324 g/mol. The lowest BCUT2D eigenvalue weighted by atomic mass is 10.1. The summed E-state index contributed by atoms with van der Waals surface area (Å²) < 4.78 is 7.12. The van der Waals surface area contributed by atoms with Gasteiger partial charge in [0.05, 0.1) is 4.92 Å². The highest BCUT2D eigenvalue weighted by Gasteiger charge is 2.15.